The maximum Gasteiger partial charge on any atom is 0.264 e. The number of aromatic hydroxyl groups is 1. The van der Waals surface area contributed by atoms with E-state index in [4.69, 9.17) is 0 Å². The summed E-state index contributed by atoms with van der Waals surface area (Å²) in [7, 11) is 2.21. The van der Waals surface area contributed by atoms with E-state index in [1.165, 1.54) is 14.7 Å². The average molecular weight is 390 g/mol. The number of piperazine rings is 1. The summed E-state index contributed by atoms with van der Waals surface area (Å²) in [4.78, 5) is 17.4. The van der Waals surface area contributed by atoms with Crippen molar-refractivity contribution < 1.29 is 14.9 Å². The number of hydrogen-bond donors (Lipinski definition) is 3. The third kappa shape index (κ3) is 4.08. The molecule has 0 saturated carbocycles. The van der Waals surface area contributed by atoms with Crippen LogP contribution >= 0.6 is 11.8 Å². The number of hydrogen-bond acceptors (Lipinski definition) is 3. The lowest BCUT2D eigenvalue weighted by Gasteiger charge is -2.34. The number of quaternary nitrogens is 2. The van der Waals surface area contributed by atoms with Crippen molar-refractivity contribution in [1.82, 2.24) is 4.57 Å². The predicted octanol–water partition coefficient (Wildman–Crippen LogP) is 0.107. The van der Waals surface area contributed by atoms with Crippen LogP contribution in [-0.4, -0.2) is 49.2 Å². The van der Waals surface area contributed by atoms with Crippen molar-refractivity contribution >= 4 is 11.8 Å². The lowest BCUT2D eigenvalue weighted by molar-refractivity contribution is -1.02. The first-order chi connectivity index (χ1) is 13.0. The van der Waals surface area contributed by atoms with Gasteiger partial charge in [0.15, 0.2) is 0 Å². The topological polar surface area (TPSA) is 51.1 Å². The molecule has 6 heteroatoms. The van der Waals surface area contributed by atoms with E-state index in [-0.39, 0.29) is 17.4 Å². The SMILES string of the molecule is CCn1c(C)cc(O)c([C@H](c2ccc(SC)cc2)[NH+]2CC[NH+](C)CC2)c1=O. The van der Waals surface area contributed by atoms with Crippen molar-refractivity contribution in [1.29, 1.82) is 0 Å². The first-order valence-electron chi connectivity index (χ1n) is 9.69. The zero-order valence-corrected chi connectivity index (χ0v) is 17.5. The van der Waals surface area contributed by atoms with Gasteiger partial charge in [0.05, 0.1) is 7.05 Å². The molecule has 1 aliphatic rings. The van der Waals surface area contributed by atoms with E-state index in [9.17, 15) is 9.90 Å². The van der Waals surface area contributed by atoms with Crippen molar-refractivity contribution in [3.05, 3.63) is 57.5 Å². The summed E-state index contributed by atoms with van der Waals surface area (Å²) in [6, 6.07) is 10.0. The highest BCUT2D eigenvalue weighted by Gasteiger charge is 2.35. The highest BCUT2D eigenvalue weighted by Crippen LogP contribution is 2.27. The predicted molar refractivity (Wildman–Crippen MR) is 110 cm³/mol. The van der Waals surface area contributed by atoms with Crippen LogP contribution in [0.15, 0.2) is 40.0 Å². The van der Waals surface area contributed by atoms with Gasteiger partial charge in [0.2, 0.25) is 0 Å². The minimum atomic E-state index is -0.139. The van der Waals surface area contributed by atoms with Gasteiger partial charge in [-0.15, -0.1) is 11.8 Å². The van der Waals surface area contributed by atoms with Crippen LogP contribution in [0.1, 0.15) is 29.8 Å². The molecule has 0 amide bonds. The minimum absolute atomic E-state index is 0.0623. The van der Waals surface area contributed by atoms with E-state index in [0.717, 1.165) is 37.4 Å². The lowest BCUT2D eigenvalue weighted by atomic mass is 9.96. The van der Waals surface area contributed by atoms with E-state index in [1.54, 1.807) is 22.4 Å². The lowest BCUT2D eigenvalue weighted by Crippen LogP contribution is -3.27. The molecule has 5 nitrogen and oxygen atoms in total. The molecule has 1 aromatic heterocycles. The molecule has 3 N–H and O–H groups in total. The minimum Gasteiger partial charge on any atom is -0.507 e. The van der Waals surface area contributed by atoms with Gasteiger partial charge >= 0.3 is 0 Å². The van der Waals surface area contributed by atoms with Gasteiger partial charge in [0.25, 0.3) is 5.56 Å². The first-order valence-corrected chi connectivity index (χ1v) is 10.9. The summed E-state index contributed by atoms with van der Waals surface area (Å²) in [6.07, 6.45) is 2.06. The van der Waals surface area contributed by atoms with Gasteiger partial charge in [0, 0.05) is 22.7 Å². The number of rotatable bonds is 5. The van der Waals surface area contributed by atoms with Gasteiger partial charge in [-0.1, -0.05) is 12.1 Å². The second-order valence-electron chi connectivity index (χ2n) is 7.46. The highest BCUT2D eigenvalue weighted by atomic mass is 32.2. The van der Waals surface area contributed by atoms with Crippen LogP contribution in [0.4, 0.5) is 0 Å². The van der Waals surface area contributed by atoms with Crippen molar-refractivity contribution in [3.63, 3.8) is 0 Å². The third-order valence-electron chi connectivity index (χ3n) is 5.73. The Labute approximate surface area is 165 Å². The largest absolute Gasteiger partial charge is 0.507 e. The van der Waals surface area contributed by atoms with Crippen LogP contribution in [0.5, 0.6) is 5.75 Å². The Morgan fingerprint density at radius 2 is 1.81 bits per heavy atom. The number of pyridine rings is 1. The van der Waals surface area contributed by atoms with Crippen molar-refractivity contribution in [3.8, 4) is 5.75 Å². The summed E-state index contributed by atoms with van der Waals surface area (Å²) in [5.74, 6) is 0.125. The molecule has 0 bridgehead atoms. The van der Waals surface area contributed by atoms with Crippen LogP contribution < -0.4 is 15.4 Å². The van der Waals surface area contributed by atoms with Crippen LogP contribution in [-0.2, 0) is 6.54 Å². The number of benzene rings is 1. The molecule has 2 aromatic rings. The Morgan fingerprint density at radius 3 is 2.37 bits per heavy atom. The van der Waals surface area contributed by atoms with Gasteiger partial charge in [0.1, 0.15) is 43.5 Å². The van der Waals surface area contributed by atoms with Gasteiger partial charge in [-0.2, -0.15) is 0 Å². The summed E-state index contributed by atoms with van der Waals surface area (Å²) in [6.45, 7) is 8.58. The first kappa shape index (κ1) is 20.0. The van der Waals surface area contributed by atoms with Crippen molar-refractivity contribution in [2.45, 2.75) is 31.3 Å². The maximum atomic E-state index is 13.3. The fourth-order valence-electron chi connectivity index (χ4n) is 4.12. The van der Waals surface area contributed by atoms with Crippen LogP contribution in [0.2, 0.25) is 0 Å². The van der Waals surface area contributed by atoms with Crippen LogP contribution in [0.25, 0.3) is 0 Å². The summed E-state index contributed by atoms with van der Waals surface area (Å²) >= 11 is 1.71. The molecular weight excluding hydrogens is 358 g/mol. The molecule has 1 aromatic carbocycles. The fraction of sp³-hybridized carbons (Fsp3) is 0.476. The summed E-state index contributed by atoms with van der Waals surface area (Å²) < 4.78 is 1.76. The Morgan fingerprint density at radius 1 is 1.19 bits per heavy atom. The van der Waals surface area contributed by atoms with Crippen LogP contribution in [0.3, 0.4) is 0 Å². The normalized spacial score (nSPS) is 21.2. The van der Waals surface area contributed by atoms with E-state index in [1.807, 2.05) is 13.8 Å². The molecular formula is C21H31N3O2S+2. The molecule has 0 aliphatic carbocycles. The Hall–Kier alpha value is -1.76. The van der Waals surface area contributed by atoms with Crippen LogP contribution in [0, 0.1) is 6.92 Å². The zero-order valence-electron chi connectivity index (χ0n) is 16.7. The van der Waals surface area contributed by atoms with E-state index < -0.39 is 0 Å². The van der Waals surface area contributed by atoms with E-state index in [2.05, 4.69) is 37.6 Å². The second-order valence-corrected chi connectivity index (χ2v) is 8.34. The van der Waals surface area contributed by atoms with Gasteiger partial charge < -0.3 is 19.5 Å². The fourth-order valence-corrected chi connectivity index (χ4v) is 4.53. The second kappa shape index (κ2) is 8.50. The number of likely N-dealkylation sites (N-methyl/N-ethyl adjacent to an activating group) is 1. The van der Waals surface area contributed by atoms with Crippen molar-refractivity contribution in [2.75, 3.05) is 39.5 Å². The average Bonchev–Trinajstić information content (AvgIpc) is 2.66. The molecule has 1 fully saturated rings. The molecule has 2 heterocycles. The molecule has 27 heavy (non-hydrogen) atoms. The molecule has 0 spiro atoms. The maximum absolute atomic E-state index is 13.3. The smallest absolute Gasteiger partial charge is 0.264 e. The zero-order chi connectivity index (χ0) is 19.6. The van der Waals surface area contributed by atoms with E-state index >= 15 is 0 Å². The van der Waals surface area contributed by atoms with Gasteiger partial charge in [-0.3, -0.25) is 4.79 Å². The Bertz CT molecular complexity index is 840. The van der Waals surface area contributed by atoms with Gasteiger partial charge in [-0.05, 0) is 38.3 Å². The third-order valence-corrected chi connectivity index (χ3v) is 6.47. The molecule has 1 saturated heterocycles. The molecule has 0 unspecified atom stereocenters. The Kier molecular flexibility index (Phi) is 6.29. The molecule has 1 atom stereocenters. The number of thioether (sulfide) groups is 1. The highest BCUT2D eigenvalue weighted by molar-refractivity contribution is 7.98. The quantitative estimate of drug-likeness (QED) is 0.636. The van der Waals surface area contributed by atoms with E-state index in [0.29, 0.717) is 12.1 Å². The number of aromatic nitrogens is 1. The number of aryl methyl sites for hydroxylation is 1. The molecule has 0 radical (unpaired) electrons. The summed E-state index contributed by atoms with van der Waals surface area (Å²) in [5, 5.41) is 10.8. The van der Waals surface area contributed by atoms with Gasteiger partial charge in [-0.25, -0.2) is 0 Å². The van der Waals surface area contributed by atoms with Crippen molar-refractivity contribution in [2.24, 2.45) is 0 Å². The standard InChI is InChI=1S/C21H29N3O2S/c1-5-24-15(2)14-18(25)19(21(24)26)20(23-12-10-22(3)11-13-23)16-6-8-17(27-4)9-7-16/h6-9,14,20,25H,5,10-13H2,1-4H3/p+2/t20-/m0/s1. The molecule has 1 aliphatic heterocycles. The molecule has 3 rings (SSSR count). The molecule has 146 valence electrons. The monoisotopic (exact) mass is 389 g/mol. The number of nitrogens with zero attached hydrogens (tertiary/aromatic N) is 1. The number of nitrogens with one attached hydrogen (secondary N) is 2. The summed E-state index contributed by atoms with van der Waals surface area (Å²) in [5.41, 5.74) is 2.38. The Balaban J connectivity index is 2.14.